The Kier molecular flexibility index (Phi) is 4.35. The van der Waals surface area contributed by atoms with Crippen LogP contribution in [0.3, 0.4) is 0 Å². The molecule has 0 unspecified atom stereocenters. The summed E-state index contributed by atoms with van der Waals surface area (Å²) in [6.07, 6.45) is 0. The lowest BCUT2D eigenvalue weighted by Crippen LogP contribution is -2.33. The van der Waals surface area contributed by atoms with Crippen LogP contribution in [0.25, 0.3) is 0 Å². The van der Waals surface area contributed by atoms with Crippen LogP contribution < -0.4 is 0 Å². The highest BCUT2D eigenvalue weighted by molar-refractivity contribution is 5.94. The van der Waals surface area contributed by atoms with Gasteiger partial charge in [0.15, 0.2) is 0 Å². The first kappa shape index (κ1) is 12.6. The number of hydrogen-bond acceptors (Lipinski definition) is 2. The van der Waals surface area contributed by atoms with Crippen molar-refractivity contribution in [2.45, 2.75) is 20.8 Å². The van der Waals surface area contributed by atoms with Crippen molar-refractivity contribution < 1.29 is 9.90 Å². The van der Waals surface area contributed by atoms with E-state index >= 15 is 0 Å². The number of nitrogens with zero attached hydrogens (tertiary/aromatic N) is 1. The van der Waals surface area contributed by atoms with Gasteiger partial charge >= 0.3 is 0 Å². The van der Waals surface area contributed by atoms with Crippen molar-refractivity contribution in [2.24, 2.45) is 5.92 Å². The fraction of sp³-hybridized carbons (Fsp3) is 0.462. The maximum atomic E-state index is 12.1. The second-order valence-corrected chi connectivity index (χ2v) is 4.29. The fourth-order valence-electron chi connectivity index (χ4n) is 1.62. The van der Waals surface area contributed by atoms with E-state index in [9.17, 15) is 9.90 Å². The van der Waals surface area contributed by atoms with Gasteiger partial charge in [-0.05, 0) is 31.0 Å². The van der Waals surface area contributed by atoms with E-state index in [4.69, 9.17) is 0 Å². The molecule has 0 saturated carbocycles. The minimum absolute atomic E-state index is 0.0212. The molecule has 0 radical (unpaired) electrons. The third-order valence-corrected chi connectivity index (χ3v) is 2.35. The zero-order valence-electron chi connectivity index (χ0n) is 10.1. The Morgan fingerprint density at radius 1 is 1.44 bits per heavy atom. The van der Waals surface area contributed by atoms with Gasteiger partial charge in [-0.25, -0.2) is 0 Å². The SMILES string of the molecule is CCN(CC(C)C)C(=O)c1cccc(O)c1. The molecule has 0 saturated heterocycles. The van der Waals surface area contributed by atoms with E-state index in [1.54, 1.807) is 23.1 Å². The molecule has 1 amide bonds. The molecule has 3 nitrogen and oxygen atoms in total. The molecule has 1 aromatic rings. The summed E-state index contributed by atoms with van der Waals surface area (Å²) in [5.74, 6) is 0.555. The van der Waals surface area contributed by atoms with Gasteiger partial charge in [0.1, 0.15) is 5.75 Å². The standard InChI is InChI=1S/C13H19NO2/c1-4-14(9-10(2)3)13(16)11-6-5-7-12(15)8-11/h5-8,10,15H,4,9H2,1-3H3. The van der Waals surface area contributed by atoms with Crippen LogP contribution in [0.2, 0.25) is 0 Å². The van der Waals surface area contributed by atoms with Gasteiger partial charge in [0, 0.05) is 18.7 Å². The Balaban J connectivity index is 2.82. The Hall–Kier alpha value is -1.51. The van der Waals surface area contributed by atoms with Crippen molar-refractivity contribution in [3.8, 4) is 5.75 Å². The third kappa shape index (κ3) is 3.26. The van der Waals surface area contributed by atoms with E-state index in [0.29, 0.717) is 18.0 Å². The average molecular weight is 221 g/mol. The number of carbonyl (C=O) groups excluding carboxylic acids is 1. The predicted octanol–water partition coefficient (Wildman–Crippen LogP) is 2.51. The number of amides is 1. The maximum Gasteiger partial charge on any atom is 0.253 e. The number of aromatic hydroxyl groups is 1. The lowest BCUT2D eigenvalue weighted by molar-refractivity contribution is 0.0745. The van der Waals surface area contributed by atoms with Crippen LogP contribution in [-0.2, 0) is 0 Å². The Labute approximate surface area is 96.7 Å². The molecule has 0 atom stereocenters. The summed E-state index contributed by atoms with van der Waals surface area (Å²) in [4.78, 5) is 13.9. The summed E-state index contributed by atoms with van der Waals surface area (Å²) in [5, 5.41) is 9.33. The smallest absolute Gasteiger partial charge is 0.253 e. The van der Waals surface area contributed by atoms with Crippen LogP contribution in [0.15, 0.2) is 24.3 Å². The predicted molar refractivity (Wildman–Crippen MR) is 64.5 cm³/mol. The first-order chi connectivity index (χ1) is 7.54. The normalized spacial score (nSPS) is 10.5. The summed E-state index contributed by atoms with van der Waals surface area (Å²) < 4.78 is 0. The Morgan fingerprint density at radius 2 is 2.12 bits per heavy atom. The van der Waals surface area contributed by atoms with Gasteiger partial charge in [0.25, 0.3) is 5.91 Å². The quantitative estimate of drug-likeness (QED) is 0.848. The van der Waals surface area contributed by atoms with Crippen molar-refractivity contribution in [2.75, 3.05) is 13.1 Å². The van der Waals surface area contributed by atoms with E-state index in [-0.39, 0.29) is 11.7 Å². The number of carbonyl (C=O) groups is 1. The van der Waals surface area contributed by atoms with Crippen LogP contribution in [0.4, 0.5) is 0 Å². The second-order valence-electron chi connectivity index (χ2n) is 4.29. The molecule has 0 bridgehead atoms. The monoisotopic (exact) mass is 221 g/mol. The Bertz CT molecular complexity index is 361. The molecule has 0 aromatic heterocycles. The topological polar surface area (TPSA) is 40.5 Å². The molecule has 0 aliphatic rings. The molecule has 0 heterocycles. The van der Waals surface area contributed by atoms with Crippen LogP contribution in [0.5, 0.6) is 5.75 Å². The first-order valence-corrected chi connectivity index (χ1v) is 5.63. The molecule has 88 valence electrons. The lowest BCUT2D eigenvalue weighted by Gasteiger charge is -2.23. The minimum atomic E-state index is -0.0212. The number of rotatable bonds is 4. The van der Waals surface area contributed by atoms with Crippen molar-refractivity contribution in [1.82, 2.24) is 4.90 Å². The summed E-state index contributed by atoms with van der Waals surface area (Å²) in [7, 11) is 0. The Morgan fingerprint density at radius 3 is 2.62 bits per heavy atom. The van der Waals surface area contributed by atoms with Crippen molar-refractivity contribution in [3.63, 3.8) is 0 Å². The van der Waals surface area contributed by atoms with Crippen LogP contribution in [0.1, 0.15) is 31.1 Å². The summed E-state index contributed by atoms with van der Waals surface area (Å²) in [6.45, 7) is 7.55. The van der Waals surface area contributed by atoms with Gasteiger partial charge in [-0.15, -0.1) is 0 Å². The molecular formula is C13H19NO2. The minimum Gasteiger partial charge on any atom is -0.508 e. The van der Waals surface area contributed by atoms with Crippen LogP contribution in [-0.4, -0.2) is 29.0 Å². The van der Waals surface area contributed by atoms with Crippen molar-refractivity contribution in [3.05, 3.63) is 29.8 Å². The summed E-state index contributed by atoms with van der Waals surface area (Å²) in [6, 6.07) is 6.48. The molecule has 16 heavy (non-hydrogen) atoms. The number of benzene rings is 1. The number of phenols is 1. The molecule has 1 rings (SSSR count). The van der Waals surface area contributed by atoms with Crippen molar-refractivity contribution >= 4 is 5.91 Å². The molecule has 0 aliphatic heterocycles. The maximum absolute atomic E-state index is 12.1. The van der Waals surface area contributed by atoms with E-state index in [0.717, 1.165) is 6.54 Å². The van der Waals surface area contributed by atoms with Crippen molar-refractivity contribution in [1.29, 1.82) is 0 Å². The van der Waals surface area contributed by atoms with E-state index in [1.165, 1.54) is 6.07 Å². The second kappa shape index (κ2) is 5.54. The molecule has 0 aliphatic carbocycles. The highest BCUT2D eigenvalue weighted by atomic mass is 16.3. The number of phenolic OH excluding ortho intramolecular Hbond substituents is 1. The van der Waals surface area contributed by atoms with E-state index in [1.807, 2.05) is 6.92 Å². The van der Waals surface area contributed by atoms with E-state index in [2.05, 4.69) is 13.8 Å². The molecule has 0 spiro atoms. The lowest BCUT2D eigenvalue weighted by atomic mass is 10.1. The van der Waals surface area contributed by atoms with Crippen LogP contribution >= 0.6 is 0 Å². The molecule has 0 fully saturated rings. The van der Waals surface area contributed by atoms with Gasteiger partial charge in [-0.2, -0.15) is 0 Å². The largest absolute Gasteiger partial charge is 0.508 e. The van der Waals surface area contributed by atoms with Gasteiger partial charge < -0.3 is 10.0 Å². The van der Waals surface area contributed by atoms with Gasteiger partial charge in [-0.1, -0.05) is 19.9 Å². The average Bonchev–Trinajstić information content (AvgIpc) is 2.24. The first-order valence-electron chi connectivity index (χ1n) is 5.63. The number of hydrogen-bond donors (Lipinski definition) is 1. The highest BCUT2D eigenvalue weighted by Crippen LogP contribution is 2.13. The fourth-order valence-corrected chi connectivity index (χ4v) is 1.62. The molecule has 3 heteroatoms. The molecular weight excluding hydrogens is 202 g/mol. The van der Waals surface area contributed by atoms with E-state index < -0.39 is 0 Å². The van der Waals surface area contributed by atoms with Gasteiger partial charge in [-0.3, -0.25) is 4.79 Å². The third-order valence-electron chi connectivity index (χ3n) is 2.35. The van der Waals surface area contributed by atoms with Gasteiger partial charge in [0.2, 0.25) is 0 Å². The van der Waals surface area contributed by atoms with Crippen LogP contribution in [0, 0.1) is 5.92 Å². The zero-order chi connectivity index (χ0) is 12.1. The zero-order valence-corrected chi connectivity index (χ0v) is 10.1. The summed E-state index contributed by atoms with van der Waals surface area (Å²) >= 11 is 0. The highest BCUT2D eigenvalue weighted by Gasteiger charge is 2.15. The molecule has 1 N–H and O–H groups in total. The van der Waals surface area contributed by atoms with Gasteiger partial charge in [0.05, 0.1) is 0 Å². The summed E-state index contributed by atoms with van der Waals surface area (Å²) in [5.41, 5.74) is 0.544. The molecule has 1 aromatic carbocycles.